The van der Waals surface area contributed by atoms with Gasteiger partial charge in [-0.2, -0.15) is 0 Å². The molecule has 0 bridgehead atoms. The van der Waals surface area contributed by atoms with E-state index in [9.17, 15) is 0 Å². The maximum atomic E-state index is 5.06. The van der Waals surface area contributed by atoms with Gasteiger partial charge in [0, 0.05) is 20.2 Å². The van der Waals surface area contributed by atoms with Gasteiger partial charge in [-0.3, -0.25) is 0 Å². The molecule has 2 heteroatoms. The summed E-state index contributed by atoms with van der Waals surface area (Å²) >= 11 is 0. The van der Waals surface area contributed by atoms with Gasteiger partial charge in [-0.25, -0.2) is 0 Å². The van der Waals surface area contributed by atoms with E-state index in [-0.39, 0.29) is 5.41 Å². The third kappa shape index (κ3) is 11.5. The normalized spacial score (nSPS) is 14.2. The summed E-state index contributed by atoms with van der Waals surface area (Å²) in [4.78, 5) is 0. The minimum Gasteiger partial charge on any atom is -0.383 e. The van der Waals surface area contributed by atoms with Gasteiger partial charge in [-0.1, -0.05) is 71.3 Å². The van der Waals surface area contributed by atoms with E-state index in [0.29, 0.717) is 0 Å². The lowest BCUT2D eigenvalue weighted by Crippen LogP contribution is -2.32. The van der Waals surface area contributed by atoms with Crippen molar-refractivity contribution in [2.45, 2.75) is 71.6 Å². The Labute approximate surface area is 127 Å². The molecule has 120 valence electrons. The van der Waals surface area contributed by atoms with Crippen LogP contribution in [0.5, 0.6) is 0 Å². The fraction of sp³-hybridized carbons (Fsp3) is 0.889. The van der Waals surface area contributed by atoms with E-state index < -0.39 is 0 Å². The maximum absolute atomic E-state index is 5.06. The van der Waals surface area contributed by atoms with Crippen molar-refractivity contribution in [2.24, 2.45) is 5.41 Å². The summed E-state index contributed by atoms with van der Waals surface area (Å²) in [6.07, 6.45) is 14.4. The number of rotatable bonds is 15. The molecule has 1 atom stereocenters. The molecule has 1 unspecified atom stereocenters. The standard InChI is InChI=1S/C18H37NO/c1-5-7-8-9-10-11-12-13-14-18(3,6-2)17-19-15-16-20-4/h6,19H,2,5,7-17H2,1,3-4H3. The zero-order valence-corrected chi connectivity index (χ0v) is 14.2. The molecule has 0 fully saturated rings. The van der Waals surface area contributed by atoms with Crippen molar-refractivity contribution in [1.82, 2.24) is 5.32 Å². The first-order valence-electron chi connectivity index (χ1n) is 8.52. The lowest BCUT2D eigenvalue weighted by Gasteiger charge is -2.26. The Morgan fingerprint density at radius 2 is 1.65 bits per heavy atom. The van der Waals surface area contributed by atoms with Gasteiger partial charge in [0.15, 0.2) is 0 Å². The van der Waals surface area contributed by atoms with Crippen LogP contribution >= 0.6 is 0 Å². The van der Waals surface area contributed by atoms with Crippen LogP contribution in [0.25, 0.3) is 0 Å². The van der Waals surface area contributed by atoms with Gasteiger partial charge in [0.2, 0.25) is 0 Å². The summed E-state index contributed by atoms with van der Waals surface area (Å²) in [7, 11) is 1.74. The Bertz CT molecular complexity index is 217. The van der Waals surface area contributed by atoms with E-state index in [1.54, 1.807) is 7.11 Å². The van der Waals surface area contributed by atoms with Crippen molar-refractivity contribution in [1.29, 1.82) is 0 Å². The second-order valence-electron chi connectivity index (χ2n) is 6.25. The Balaban J connectivity index is 3.54. The van der Waals surface area contributed by atoms with Gasteiger partial charge in [-0.15, -0.1) is 6.58 Å². The molecule has 0 saturated carbocycles. The summed E-state index contributed by atoms with van der Waals surface area (Å²) in [6, 6.07) is 0. The topological polar surface area (TPSA) is 21.3 Å². The van der Waals surface area contributed by atoms with Crippen molar-refractivity contribution < 1.29 is 4.74 Å². The first-order chi connectivity index (χ1) is 9.68. The molecule has 0 rings (SSSR count). The molecule has 0 spiro atoms. The van der Waals surface area contributed by atoms with Crippen LogP contribution in [0.1, 0.15) is 71.6 Å². The zero-order valence-electron chi connectivity index (χ0n) is 14.2. The first-order valence-corrected chi connectivity index (χ1v) is 8.52. The second-order valence-corrected chi connectivity index (χ2v) is 6.25. The van der Waals surface area contributed by atoms with Crippen molar-refractivity contribution in [3.63, 3.8) is 0 Å². The molecule has 0 saturated heterocycles. The monoisotopic (exact) mass is 283 g/mol. The largest absolute Gasteiger partial charge is 0.383 e. The number of nitrogens with one attached hydrogen (secondary N) is 1. The SMILES string of the molecule is C=CC(C)(CCCCCCCCCC)CNCCOC. The molecule has 0 aromatic heterocycles. The van der Waals surface area contributed by atoms with Crippen LogP contribution in [-0.2, 0) is 4.74 Å². The zero-order chi connectivity index (χ0) is 15.1. The molecule has 0 heterocycles. The fourth-order valence-electron chi connectivity index (χ4n) is 2.47. The fourth-order valence-corrected chi connectivity index (χ4v) is 2.47. The molecule has 0 aliphatic rings. The predicted octanol–water partition coefficient (Wildman–Crippen LogP) is 4.95. The van der Waals surface area contributed by atoms with Crippen LogP contribution in [0, 0.1) is 5.41 Å². The van der Waals surface area contributed by atoms with E-state index in [1.807, 2.05) is 0 Å². The van der Waals surface area contributed by atoms with Gasteiger partial charge in [0.25, 0.3) is 0 Å². The van der Waals surface area contributed by atoms with Crippen LogP contribution in [-0.4, -0.2) is 26.8 Å². The third-order valence-electron chi connectivity index (χ3n) is 4.11. The molecule has 0 amide bonds. The lowest BCUT2D eigenvalue weighted by molar-refractivity contribution is 0.195. The van der Waals surface area contributed by atoms with Gasteiger partial charge < -0.3 is 10.1 Å². The average molecular weight is 283 g/mol. The van der Waals surface area contributed by atoms with Gasteiger partial charge in [0.1, 0.15) is 0 Å². The van der Waals surface area contributed by atoms with Crippen molar-refractivity contribution in [3.05, 3.63) is 12.7 Å². The Kier molecular flexibility index (Phi) is 13.4. The minimum absolute atomic E-state index is 0.232. The second kappa shape index (κ2) is 13.6. The van der Waals surface area contributed by atoms with Crippen LogP contribution < -0.4 is 5.32 Å². The van der Waals surface area contributed by atoms with E-state index in [4.69, 9.17) is 4.74 Å². The molecule has 1 N–H and O–H groups in total. The van der Waals surface area contributed by atoms with Crippen molar-refractivity contribution >= 4 is 0 Å². The smallest absolute Gasteiger partial charge is 0.0587 e. The van der Waals surface area contributed by atoms with Crippen LogP contribution in [0.2, 0.25) is 0 Å². The highest BCUT2D eigenvalue weighted by molar-refractivity contribution is 4.92. The predicted molar refractivity (Wildman–Crippen MR) is 90.3 cm³/mol. The first kappa shape index (κ1) is 19.7. The van der Waals surface area contributed by atoms with Gasteiger partial charge >= 0.3 is 0 Å². The molecule has 0 aliphatic heterocycles. The summed E-state index contributed by atoms with van der Waals surface area (Å²) in [5.41, 5.74) is 0.232. The average Bonchev–Trinajstić information content (AvgIpc) is 2.46. The number of methoxy groups -OCH3 is 1. The van der Waals surface area contributed by atoms with Gasteiger partial charge in [0.05, 0.1) is 6.61 Å². The quantitative estimate of drug-likeness (QED) is 0.339. The summed E-state index contributed by atoms with van der Waals surface area (Å²) in [5.74, 6) is 0. The van der Waals surface area contributed by atoms with Crippen LogP contribution in [0.15, 0.2) is 12.7 Å². The molecule has 20 heavy (non-hydrogen) atoms. The van der Waals surface area contributed by atoms with Crippen molar-refractivity contribution in [2.75, 3.05) is 26.8 Å². The van der Waals surface area contributed by atoms with Crippen molar-refractivity contribution in [3.8, 4) is 0 Å². The molecule has 2 nitrogen and oxygen atoms in total. The molecule has 0 aromatic rings. The van der Waals surface area contributed by atoms with Crippen LogP contribution in [0.3, 0.4) is 0 Å². The Morgan fingerprint density at radius 1 is 1.05 bits per heavy atom. The molecule has 0 radical (unpaired) electrons. The number of hydrogen-bond donors (Lipinski definition) is 1. The maximum Gasteiger partial charge on any atom is 0.0587 e. The summed E-state index contributed by atoms with van der Waals surface area (Å²) < 4.78 is 5.06. The Hall–Kier alpha value is -0.340. The highest BCUT2D eigenvalue weighted by Gasteiger charge is 2.18. The minimum atomic E-state index is 0.232. The van der Waals surface area contributed by atoms with E-state index >= 15 is 0 Å². The summed E-state index contributed by atoms with van der Waals surface area (Å²) in [6.45, 7) is 11.3. The highest BCUT2D eigenvalue weighted by Crippen LogP contribution is 2.25. The number of unbranched alkanes of at least 4 members (excludes halogenated alkanes) is 7. The van der Waals surface area contributed by atoms with E-state index in [1.165, 1.54) is 57.8 Å². The van der Waals surface area contributed by atoms with E-state index in [0.717, 1.165) is 19.7 Å². The molecular weight excluding hydrogens is 246 g/mol. The number of ether oxygens (including phenoxy) is 1. The molecular formula is C18H37NO. The lowest BCUT2D eigenvalue weighted by atomic mass is 9.84. The van der Waals surface area contributed by atoms with E-state index in [2.05, 4.69) is 31.8 Å². The highest BCUT2D eigenvalue weighted by atomic mass is 16.5. The van der Waals surface area contributed by atoms with Crippen LogP contribution in [0.4, 0.5) is 0 Å². The number of hydrogen-bond acceptors (Lipinski definition) is 2. The Morgan fingerprint density at radius 3 is 2.20 bits per heavy atom. The molecule has 0 aliphatic carbocycles. The molecule has 0 aromatic carbocycles. The van der Waals surface area contributed by atoms with Gasteiger partial charge in [-0.05, 0) is 11.8 Å². The third-order valence-corrected chi connectivity index (χ3v) is 4.11. The summed E-state index contributed by atoms with van der Waals surface area (Å²) in [5, 5.41) is 3.46.